The first-order valence-electron chi connectivity index (χ1n) is 7.66. The van der Waals surface area contributed by atoms with Crippen LogP contribution < -0.4 is 4.74 Å². The second-order valence-electron chi connectivity index (χ2n) is 5.66. The van der Waals surface area contributed by atoms with E-state index in [1.165, 1.54) is 0 Å². The summed E-state index contributed by atoms with van der Waals surface area (Å²) in [5, 5.41) is 10.2. The van der Waals surface area contributed by atoms with Crippen molar-refractivity contribution in [2.75, 3.05) is 26.2 Å². The van der Waals surface area contributed by atoms with Crippen molar-refractivity contribution >= 4 is 16.9 Å². The van der Waals surface area contributed by atoms with Gasteiger partial charge in [-0.15, -0.1) is 0 Å². The molecule has 2 heterocycles. The van der Waals surface area contributed by atoms with Gasteiger partial charge in [0.15, 0.2) is 0 Å². The lowest BCUT2D eigenvalue weighted by molar-refractivity contribution is -0.143. The highest BCUT2D eigenvalue weighted by Crippen LogP contribution is 2.23. The smallest absolute Gasteiger partial charge is 0.307 e. The highest BCUT2D eigenvalue weighted by Gasteiger charge is 2.24. The summed E-state index contributed by atoms with van der Waals surface area (Å²) in [5.74, 6) is -0.151. The number of carboxylic acids is 1. The molecule has 1 unspecified atom stereocenters. The Hall–Kier alpha value is -2.14. The summed E-state index contributed by atoms with van der Waals surface area (Å²) in [4.78, 5) is 17.6. The van der Waals surface area contributed by atoms with Gasteiger partial charge in [-0.25, -0.2) is 0 Å². The summed E-state index contributed by atoms with van der Waals surface area (Å²) in [5.41, 5.74) is 0.868. The first-order valence-corrected chi connectivity index (χ1v) is 7.66. The number of benzene rings is 1. The van der Waals surface area contributed by atoms with Crippen LogP contribution in [-0.2, 0) is 4.79 Å². The van der Waals surface area contributed by atoms with Crippen LogP contribution in [0.1, 0.15) is 12.8 Å². The monoisotopic (exact) mass is 300 g/mol. The molecular formula is C17H20N2O3. The summed E-state index contributed by atoms with van der Waals surface area (Å²) >= 11 is 0. The highest BCUT2D eigenvalue weighted by molar-refractivity contribution is 5.84. The van der Waals surface area contributed by atoms with Crippen molar-refractivity contribution in [2.24, 2.45) is 5.92 Å². The zero-order chi connectivity index (χ0) is 15.4. The zero-order valence-corrected chi connectivity index (χ0v) is 12.4. The first-order chi connectivity index (χ1) is 10.7. The summed E-state index contributed by atoms with van der Waals surface area (Å²) in [7, 11) is 0. The van der Waals surface area contributed by atoms with Crippen molar-refractivity contribution in [3.8, 4) is 5.75 Å². The average molecular weight is 300 g/mol. The van der Waals surface area contributed by atoms with Crippen LogP contribution in [0.15, 0.2) is 36.5 Å². The van der Waals surface area contributed by atoms with Crippen LogP contribution in [0.5, 0.6) is 5.75 Å². The van der Waals surface area contributed by atoms with Crippen LogP contribution in [-0.4, -0.2) is 47.2 Å². The van der Waals surface area contributed by atoms with Crippen LogP contribution in [0.4, 0.5) is 0 Å². The van der Waals surface area contributed by atoms with E-state index in [0.29, 0.717) is 13.2 Å². The lowest BCUT2D eigenvalue weighted by Crippen LogP contribution is -2.40. The van der Waals surface area contributed by atoms with E-state index in [4.69, 9.17) is 9.84 Å². The molecule has 1 aromatic heterocycles. The molecule has 1 fully saturated rings. The number of aromatic nitrogens is 1. The van der Waals surface area contributed by atoms with Gasteiger partial charge in [0.1, 0.15) is 17.9 Å². The number of carbonyl (C=O) groups is 1. The predicted molar refractivity (Wildman–Crippen MR) is 84.0 cm³/mol. The molecule has 0 aliphatic carbocycles. The maximum absolute atomic E-state index is 11.1. The van der Waals surface area contributed by atoms with Gasteiger partial charge >= 0.3 is 5.97 Å². The molecule has 1 aliphatic rings. The molecule has 1 N–H and O–H groups in total. The topological polar surface area (TPSA) is 62.7 Å². The van der Waals surface area contributed by atoms with Gasteiger partial charge in [-0.3, -0.25) is 14.7 Å². The second kappa shape index (κ2) is 6.75. The number of piperidine rings is 1. The molecule has 1 saturated heterocycles. The summed E-state index contributed by atoms with van der Waals surface area (Å²) in [6.07, 6.45) is 3.48. The van der Waals surface area contributed by atoms with E-state index < -0.39 is 5.97 Å². The molecule has 0 spiro atoms. The van der Waals surface area contributed by atoms with E-state index in [1.807, 2.05) is 30.3 Å². The SMILES string of the molecule is O=C(O)C1CCCN(CCOc2cccc3cccnc23)C1. The number of para-hydroxylation sites is 1. The van der Waals surface area contributed by atoms with Gasteiger partial charge in [-0.1, -0.05) is 18.2 Å². The number of carboxylic acid groups (broad SMARTS) is 1. The third kappa shape index (κ3) is 3.36. The van der Waals surface area contributed by atoms with E-state index in [0.717, 1.165) is 42.6 Å². The second-order valence-corrected chi connectivity index (χ2v) is 5.66. The quantitative estimate of drug-likeness (QED) is 0.918. The Balaban J connectivity index is 1.57. The van der Waals surface area contributed by atoms with Gasteiger partial charge in [0.05, 0.1) is 5.92 Å². The first kappa shape index (κ1) is 14.8. The average Bonchev–Trinajstić information content (AvgIpc) is 2.55. The number of nitrogens with zero attached hydrogens (tertiary/aromatic N) is 2. The van der Waals surface area contributed by atoms with E-state index in [9.17, 15) is 4.79 Å². The number of likely N-dealkylation sites (tertiary alicyclic amines) is 1. The number of fused-ring (bicyclic) bond motifs is 1. The molecule has 1 atom stereocenters. The van der Waals surface area contributed by atoms with E-state index in [-0.39, 0.29) is 5.92 Å². The maximum Gasteiger partial charge on any atom is 0.307 e. The zero-order valence-electron chi connectivity index (χ0n) is 12.4. The molecule has 0 saturated carbocycles. The Morgan fingerprint density at radius 1 is 1.36 bits per heavy atom. The predicted octanol–water partition coefficient (Wildman–Crippen LogP) is 2.41. The van der Waals surface area contributed by atoms with Gasteiger partial charge in [-0.05, 0) is 31.5 Å². The molecule has 3 rings (SSSR count). The molecular weight excluding hydrogens is 280 g/mol. The van der Waals surface area contributed by atoms with E-state index in [1.54, 1.807) is 6.20 Å². The Labute approximate surface area is 129 Å². The van der Waals surface area contributed by atoms with Crippen LogP contribution in [0.2, 0.25) is 0 Å². The largest absolute Gasteiger partial charge is 0.490 e. The van der Waals surface area contributed by atoms with Gasteiger partial charge in [-0.2, -0.15) is 0 Å². The number of aliphatic carboxylic acids is 1. The molecule has 0 radical (unpaired) electrons. The minimum atomic E-state index is -0.691. The molecule has 116 valence electrons. The normalized spacial score (nSPS) is 19.2. The molecule has 5 nitrogen and oxygen atoms in total. The number of pyridine rings is 1. The third-order valence-electron chi connectivity index (χ3n) is 4.12. The Morgan fingerprint density at radius 2 is 2.23 bits per heavy atom. The Kier molecular flexibility index (Phi) is 4.53. The molecule has 22 heavy (non-hydrogen) atoms. The fraction of sp³-hybridized carbons (Fsp3) is 0.412. The Morgan fingerprint density at radius 3 is 3.09 bits per heavy atom. The fourth-order valence-electron chi connectivity index (χ4n) is 2.94. The summed E-state index contributed by atoms with van der Waals surface area (Å²) in [6, 6.07) is 9.81. The number of hydrogen-bond donors (Lipinski definition) is 1. The van der Waals surface area contributed by atoms with Gasteiger partial charge in [0.25, 0.3) is 0 Å². The molecule has 1 aromatic carbocycles. The lowest BCUT2D eigenvalue weighted by atomic mass is 9.98. The minimum Gasteiger partial charge on any atom is -0.490 e. The molecule has 5 heteroatoms. The van der Waals surface area contributed by atoms with Crippen LogP contribution >= 0.6 is 0 Å². The Bertz CT molecular complexity index is 654. The summed E-state index contributed by atoms with van der Waals surface area (Å²) in [6.45, 7) is 2.85. The summed E-state index contributed by atoms with van der Waals surface area (Å²) < 4.78 is 5.87. The van der Waals surface area contributed by atoms with Crippen LogP contribution in [0.25, 0.3) is 10.9 Å². The van der Waals surface area contributed by atoms with Crippen molar-refractivity contribution in [1.29, 1.82) is 0 Å². The van der Waals surface area contributed by atoms with Gasteiger partial charge in [0.2, 0.25) is 0 Å². The highest BCUT2D eigenvalue weighted by atomic mass is 16.5. The molecule has 2 aromatic rings. The standard InChI is InChI=1S/C17H20N2O3/c20-17(21)14-6-3-9-19(12-14)10-11-22-15-7-1-4-13-5-2-8-18-16(13)15/h1-2,4-5,7-8,14H,3,6,9-12H2,(H,20,21). The maximum atomic E-state index is 11.1. The number of hydrogen-bond acceptors (Lipinski definition) is 4. The van der Waals surface area contributed by atoms with Crippen LogP contribution in [0.3, 0.4) is 0 Å². The van der Waals surface area contributed by atoms with Gasteiger partial charge in [0, 0.05) is 24.7 Å². The third-order valence-corrected chi connectivity index (χ3v) is 4.12. The van der Waals surface area contributed by atoms with E-state index >= 15 is 0 Å². The number of rotatable bonds is 5. The lowest BCUT2D eigenvalue weighted by Gasteiger charge is -2.30. The van der Waals surface area contributed by atoms with Crippen molar-refractivity contribution < 1.29 is 14.6 Å². The van der Waals surface area contributed by atoms with Crippen LogP contribution in [0, 0.1) is 5.92 Å². The van der Waals surface area contributed by atoms with Crippen molar-refractivity contribution in [3.05, 3.63) is 36.5 Å². The van der Waals surface area contributed by atoms with Crippen molar-refractivity contribution in [2.45, 2.75) is 12.8 Å². The fourth-order valence-corrected chi connectivity index (χ4v) is 2.94. The molecule has 0 bridgehead atoms. The van der Waals surface area contributed by atoms with E-state index in [2.05, 4.69) is 9.88 Å². The molecule has 0 amide bonds. The van der Waals surface area contributed by atoms with Crippen molar-refractivity contribution in [3.63, 3.8) is 0 Å². The minimum absolute atomic E-state index is 0.243. The van der Waals surface area contributed by atoms with Crippen molar-refractivity contribution in [1.82, 2.24) is 9.88 Å². The number of ether oxygens (including phenoxy) is 1. The molecule has 1 aliphatic heterocycles. The van der Waals surface area contributed by atoms with Gasteiger partial charge < -0.3 is 9.84 Å².